The van der Waals surface area contributed by atoms with Gasteiger partial charge in [-0.25, -0.2) is 23.4 Å². The molecule has 0 unspecified atom stereocenters. The number of carbonyl (C=O) groups excluding carboxylic acids is 1. The molecule has 0 radical (unpaired) electrons. The Bertz CT molecular complexity index is 1950. The number of hydrogen-bond acceptors (Lipinski definition) is 10. The van der Waals surface area contributed by atoms with Gasteiger partial charge in [0.15, 0.2) is 0 Å². The number of fused-ring (bicyclic) bond motifs is 1. The summed E-state index contributed by atoms with van der Waals surface area (Å²) in [6.45, 7) is 3.31. The van der Waals surface area contributed by atoms with Gasteiger partial charge in [-0.1, -0.05) is 41.9 Å². The molecule has 0 fully saturated rings. The summed E-state index contributed by atoms with van der Waals surface area (Å²) in [4.78, 5) is 35.7. The molecule has 11 nitrogen and oxygen atoms in total. The molecule has 0 aliphatic rings. The maximum absolute atomic E-state index is 13.7. The topological polar surface area (TPSA) is 136 Å². The average Bonchev–Trinajstić information content (AvgIpc) is 3.08. The van der Waals surface area contributed by atoms with Gasteiger partial charge in [0, 0.05) is 42.2 Å². The van der Waals surface area contributed by atoms with E-state index in [4.69, 9.17) is 16.3 Å². The second kappa shape index (κ2) is 16.8. The van der Waals surface area contributed by atoms with E-state index in [1.165, 1.54) is 26.4 Å². The van der Waals surface area contributed by atoms with E-state index >= 15 is 0 Å². The van der Waals surface area contributed by atoms with Crippen LogP contribution in [0.15, 0.2) is 59.7 Å². The predicted octanol–water partition coefficient (Wildman–Crippen LogP) is 6.01. The Morgan fingerprint density at radius 2 is 1.77 bits per heavy atom. The first-order chi connectivity index (χ1) is 23.1. The van der Waals surface area contributed by atoms with Crippen molar-refractivity contribution >= 4 is 40.2 Å². The number of pyridine rings is 1. The highest BCUT2D eigenvalue weighted by molar-refractivity contribution is 6.36. The van der Waals surface area contributed by atoms with Crippen LogP contribution < -0.4 is 26.2 Å². The Morgan fingerprint density at radius 3 is 2.46 bits per heavy atom. The summed E-state index contributed by atoms with van der Waals surface area (Å²) in [5, 5.41) is 13.9. The van der Waals surface area contributed by atoms with Crippen LogP contribution in [-0.4, -0.2) is 58.8 Å². The lowest BCUT2D eigenvalue weighted by Crippen LogP contribution is -2.20. The molecule has 0 bridgehead atoms. The number of nitrogens with one attached hydrogen (secondary N) is 3. The molecule has 0 aliphatic carbocycles. The summed E-state index contributed by atoms with van der Waals surface area (Å²) in [6, 6.07) is 12.3. The highest BCUT2D eigenvalue weighted by atomic mass is 35.5. The zero-order valence-electron chi connectivity index (χ0n) is 27.3. The number of halogens is 3. The van der Waals surface area contributed by atoms with Crippen molar-refractivity contribution in [1.29, 1.82) is 0 Å². The summed E-state index contributed by atoms with van der Waals surface area (Å²) >= 11 is 6.94. The SMILES string of the molecule is CNCCCC=O.CNCc1ncc(-c2cccc(-c3cccc(Nc4nc(C(F)F)cc5cnn(C)c(=O)c45)c3C)c2Cl)nc1OC. The van der Waals surface area contributed by atoms with E-state index in [2.05, 4.69) is 36.0 Å². The zero-order valence-corrected chi connectivity index (χ0v) is 28.0. The Morgan fingerprint density at radius 1 is 1.04 bits per heavy atom. The largest absolute Gasteiger partial charge is 0.480 e. The summed E-state index contributed by atoms with van der Waals surface area (Å²) in [7, 11) is 6.71. The van der Waals surface area contributed by atoms with E-state index in [1.807, 2.05) is 51.4 Å². The molecule has 5 aromatic rings. The number of hydrogen-bond donors (Lipinski definition) is 3. The van der Waals surface area contributed by atoms with Crippen LogP contribution in [0.1, 0.15) is 36.2 Å². The lowest BCUT2D eigenvalue weighted by Gasteiger charge is -2.17. The number of rotatable bonds is 12. The van der Waals surface area contributed by atoms with Crippen LogP contribution in [0.2, 0.25) is 5.02 Å². The standard InChI is InChI=1S/C29H26ClF2N7O2.C5H11NO/c1-15-17(18-8-5-9-19(25(18)30)22-14-34-23(13-33-2)28(38-22)41-4)7-6-10-20(15)36-27-24-16(11-21(37-27)26(31)32)12-35-39(3)29(24)40;1-6-4-2-3-5-7/h5-12,14,26,33H,13H2,1-4H3,(H,36,37);5-6H,2-4H2,1H3. The van der Waals surface area contributed by atoms with Crippen LogP contribution >= 0.6 is 11.6 Å². The number of methoxy groups -OCH3 is 1. The molecule has 5 rings (SSSR count). The smallest absolute Gasteiger partial charge is 0.280 e. The van der Waals surface area contributed by atoms with Gasteiger partial charge in [0.25, 0.3) is 12.0 Å². The second-order valence-electron chi connectivity index (χ2n) is 10.7. The Kier molecular flexibility index (Phi) is 12.6. The molecule has 0 spiro atoms. The monoisotopic (exact) mass is 678 g/mol. The summed E-state index contributed by atoms with van der Waals surface area (Å²) in [6.07, 6.45) is 2.77. The zero-order chi connectivity index (χ0) is 34.8. The third-order valence-electron chi connectivity index (χ3n) is 7.42. The molecule has 0 saturated carbocycles. The molecule has 2 aromatic carbocycles. The maximum atomic E-state index is 13.7. The molecule has 3 N–H and O–H groups in total. The van der Waals surface area contributed by atoms with E-state index in [1.54, 1.807) is 12.3 Å². The molecule has 0 amide bonds. The molecule has 0 saturated heterocycles. The van der Waals surface area contributed by atoms with Gasteiger partial charge in [-0.15, -0.1) is 0 Å². The molecular formula is C34H37ClF2N8O3. The Labute approximate surface area is 281 Å². The molecule has 0 aliphatic heterocycles. The Balaban J connectivity index is 0.000000671. The molecule has 14 heteroatoms. The fourth-order valence-corrected chi connectivity index (χ4v) is 5.27. The van der Waals surface area contributed by atoms with Crippen LogP contribution in [0.25, 0.3) is 33.2 Å². The third kappa shape index (κ3) is 8.16. The van der Waals surface area contributed by atoms with Crippen molar-refractivity contribution in [1.82, 2.24) is 35.4 Å². The Hall–Kier alpha value is -4.85. The van der Waals surface area contributed by atoms with Crippen molar-refractivity contribution < 1.29 is 18.3 Å². The minimum Gasteiger partial charge on any atom is -0.480 e. The highest BCUT2D eigenvalue weighted by Crippen LogP contribution is 2.39. The molecule has 252 valence electrons. The third-order valence-corrected chi connectivity index (χ3v) is 7.83. The van der Waals surface area contributed by atoms with Crippen LogP contribution in [0.3, 0.4) is 0 Å². The van der Waals surface area contributed by atoms with Crippen LogP contribution in [0, 0.1) is 6.92 Å². The van der Waals surface area contributed by atoms with Crippen LogP contribution in [0.5, 0.6) is 5.88 Å². The van der Waals surface area contributed by atoms with Gasteiger partial charge in [0.2, 0.25) is 5.88 Å². The van der Waals surface area contributed by atoms with E-state index < -0.39 is 17.7 Å². The van der Waals surface area contributed by atoms with Crippen molar-refractivity contribution in [3.8, 4) is 28.3 Å². The van der Waals surface area contributed by atoms with E-state index in [0.717, 1.165) is 40.6 Å². The molecule has 0 atom stereocenters. The van der Waals surface area contributed by atoms with Gasteiger partial charge >= 0.3 is 0 Å². The first-order valence-electron chi connectivity index (χ1n) is 15.1. The average molecular weight is 679 g/mol. The normalized spacial score (nSPS) is 10.9. The van der Waals surface area contributed by atoms with Crippen molar-refractivity contribution in [3.05, 3.63) is 87.2 Å². The first kappa shape index (κ1) is 36.0. The van der Waals surface area contributed by atoms with E-state index in [9.17, 15) is 18.4 Å². The lowest BCUT2D eigenvalue weighted by molar-refractivity contribution is -0.107. The number of ether oxygens (including phenoxy) is 1. The van der Waals surface area contributed by atoms with Crippen molar-refractivity contribution in [2.45, 2.75) is 32.7 Å². The fraction of sp³-hybridized carbons (Fsp3) is 0.294. The first-order valence-corrected chi connectivity index (χ1v) is 15.5. The van der Waals surface area contributed by atoms with Crippen molar-refractivity contribution in [2.24, 2.45) is 7.05 Å². The van der Waals surface area contributed by atoms with Crippen molar-refractivity contribution in [2.75, 3.05) is 33.1 Å². The molecule has 48 heavy (non-hydrogen) atoms. The minimum atomic E-state index is -2.83. The van der Waals surface area contributed by atoms with Gasteiger partial charge in [0.1, 0.15) is 23.5 Å². The number of benzene rings is 2. The molecule has 3 aromatic heterocycles. The van der Waals surface area contributed by atoms with Crippen LogP contribution in [0.4, 0.5) is 20.3 Å². The van der Waals surface area contributed by atoms with Gasteiger partial charge in [0.05, 0.1) is 35.6 Å². The van der Waals surface area contributed by atoms with Gasteiger partial charge in [-0.3, -0.25) is 9.78 Å². The number of aldehydes is 1. The highest BCUT2D eigenvalue weighted by Gasteiger charge is 2.19. The number of aromatic nitrogens is 5. The van der Waals surface area contributed by atoms with E-state index in [-0.39, 0.29) is 16.6 Å². The summed E-state index contributed by atoms with van der Waals surface area (Å²) in [5.74, 6) is 0.415. The summed E-state index contributed by atoms with van der Waals surface area (Å²) in [5.41, 5.74) is 3.81. The fourth-order valence-electron chi connectivity index (χ4n) is 4.95. The molecular weight excluding hydrogens is 642 g/mol. The second-order valence-corrected chi connectivity index (χ2v) is 11.0. The number of aryl methyl sites for hydroxylation is 1. The number of nitrogens with zero attached hydrogens (tertiary/aromatic N) is 5. The number of anilines is 2. The van der Waals surface area contributed by atoms with Crippen molar-refractivity contribution in [3.63, 3.8) is 0 Å². The summed E-state index contributed by atoms with van der Waals surface area (Å²) < 4.78 is 33.9. The minimum absolute atomic E-state index is 0.0184. The van der Waals surface area contributed by atoms with Gasteiger partial charge in [-0.2, -0.15) is 5.10 Å². The predicted molar refractivity (Wildman–Crippen MR) is 184 cm³/mol. The lowest BCUT2D eigenvalue weighted by atomic mass is 9.96. The van der Waals surface area contributed by atoms with Gasteiger partial charge in [-0.05, 0) is 57.2 Å². The number of carbonyl (C=O) groups is 1. The number of unbranched alkanes of at least 4 members (excludes halogenated alkanes) is 1. The molecule has 3 heterocycles. The van der Waals surface area contributed by atoms with Gasteiger partial charge < -0.3 is 25.5 Å². The maximum Gasteiger partial charge on any atom is 0.280 e. The quantitative estimate of drug-likeness (QED) is 0.106. The van der Waals surface area contributed by atoms with E-state index in [0.29, 0.717) is 46.5 Å². The number of alkyl halides is 2. The van der Waals surface area contributed by atoms with Crippen LogP contribution in [-0.2, 0) is 18.4 Å².